The Bertz CT molecular complexity index is 552. The number of benzene rings is 1. The van der Waals surface area contributed by atoms with Gasteiger partial charge in [-0.05, 0) is 18.2 Å². The van der Waals surface area contributed by atoms with Gasteiger partial charge in [0.05, 0.1) is 17.0 Å². The van der Waals surface area contributed by atoms with E-state index in [1.54, 1.807) is 25.1 Å². The first-order valence-corrected chi connectivity index (χ1v) is 7.84. The van der Waals surface area contributed by atoms with Crippen molar-refractivity contribution in [2.45, 2.75) is 6.92 Å². The SMILES string of the molecule is CCNS(=O)(=O)CCNc1cc(Br)ccc1C#N. The van der Waals surface area contributed by atoms with Crippen molar-refractivity contribution in [1.29, 1.82) is 5.26 Å². The molecule has 7 heteroatoms. The Morgan fingerprint density at radius 3 is 2.78 bits per heavy atom. The van der Waals surface area contributed by atoms with Gasteiger partial charge in [-0.25, -0.2) is 13.1 Å². The van der Waals surface area contributed by atoms with Gasteiger partial charge in [0.15, 0.2) is 0 Å². The molecular formula is C11H14BrN3O2S. The van der Waals surface area contributed by atoms with E-state index in [9.17, 15) is 8.42 Å². The lowest BCUT2D eigenvalue weighted by molar-refractivity contribution is 0.584. The van der Waals surface area contributed by atoms with Gasteiger partial charge in [-0.15, -0.1) is 0 Å². The normalized spacial score (nSPS) is 10.9. The first-order chi connectivity index (χ1) is 8.48. The molecule has 0 saturated carbocycles. The number of nitrogens with zero attached hydrogens (tertiary/aromatic N) is 1. The summed E-state index contributed by atoms with van der Waals surface area (Å²) in [6.45, 7) is 2.36. The van der Waals surface area contributed by atoms with Crippen molar-refractivity contribution in [1.82, 2.24) is 4.72 Å². The standard InChI is InChI=1S/C11H14BrN3O2S/c1-2-15-18(16,17)6-5-14-11-7-10(12)4-3-9(11)8-13/h3-4,7,14-15H,2,5-6H2,1H3. The first-order valence-electron chi connectivity index (χ1n) is 5.39. The van der Waals surface area contributed by atoms with Crippen molar-refractivity contribution in [2.75, 3.05) is 24.2 Å². The molecule has 0 saturated heterocycles. The van der Waals surface area contributed by atoms with E-state index >= 15 is 0 Å². The Kier molecular flexibility index (Phi) is 5.59. The summed E-state index contributed by atoms with van der Waals surface area (Å²) < 4.78 is 26.1. The monoisotopic (exact) mass is 331 g/mol. The second-order valence-corrected chi connectivity index (χ2v) is 6.39. The highest BCUT2D eigenvalue weighted by molar-refractivity contribution is 9.10. The summed E-state index contributed by atoms with van der Waals surface area (Å²) in [4.78, 5) is 0. The van der Waals surface area contributed by atoms with Gasteiger partial charge in [0, 0.05) is 17.6 Å². The van der Waals surface area contributed by atoms with E-state index in [1.807, 2.05) is 6.07 Å². The molecule has 2 N–H and O–H groups in total. The van der Waals surface area contributed by atoms with Crippen LogP contribution in [-0.4, -0.2) is 27.3 Å². The van der Waals surface area contributed by atoms with E-state index in [0.29, 0.717) is 17.8 Å². The fourth-order valence-electron chi connectivity index (χ4n) is 1.37. The molecule has 18 heavy (non-hydrogen) atoms. The third-order valence-corrected chi connectivity index (χ3v) is 4.12. The van der Waals surface area contributed by atoms with E-state index in [-0.39, 0.29) is 12.3 Å². The van der Waals surface area contributed by atoms with Crippen molar-refractivity contribution in [2.24, 2.45) is 0 Å². The van der Waals surface area contributed by atoms with Crippen LogP contribution in [0.1, 0.15) is 12.5 Å². The summed E-state index contributed by atoms with van der Waals surface area (Å²) in [5.74, 6) is -0.0295. The van der Waals surface area contributed by atoms with Crippen LogP contribution in [-0.2, 0) is 10.0 Å². The molecular weight excluding hydrogens is 318 g/mol. The quantitative estimate of drug-likeness (QED) is 0.830. The van der Waals surface area contributed by atoms with Crippen LogP contribution in [0.4, 0.5) is 5.69 Å². The van der Waals surface area contributed by atoms with Crippen LogP contribution in [0.15, 0.2) is 22.7 Å². The topological polar surface area (TPSA) is 82.0 Å². The Labute approximate surface area is 115 Å². The number of nitrogens with one attached hydrogen (secondary N) is 2. The number of hydrogen-bond donors (Lipinski definition) is 2. The molecule has 0 heterocycles. The fraction of sp³-hybridized carbons (Fsp3) is 0.364. The molecule has 0 atom stereocenters. The summed E-state index contributed by atoms with van der Waals surface area (Å²) in [6.07, 6.45) is 0. The Hall–Kier alpha value is -1.10. The first kappa shape index (κ1) is 15.0. The molecule has 0 aliphatic heterocycles. The lowest BCUT2D eigenvalue weighted by Crippen LogP contribution is -2.29. The van der Waals surface area contributed by atoms with Crippen LogP contribution < -0.4 is 10.0 Å². The summed E-state index contributed by atoms with van der Waals surface area (Å²) in [7, 11) is -3.24. The molecule has 0 aromatic heterocycles. The molecule has 1 aromatic carbocycles. The zero-order valence-electron chi connectivity index (χ0n) is 9.90. The maximum atomic E-state index is 11.4. The van der Waals surface area contributed by atoms with E-state index in [4.69, 9.17) is 5.26 Å². The highest BCUT2D eigenvalue weighted by Gasteiger charge is 2.08. The third kappa shape index (κ3) is 4.64. The number of nitriles is 1. The third-order valence-electron chi connectivity index (χ3n) is 2.15. The van der Waals surface area contributed by atoms with Gasteiger partial charge >= 0.3 is 0 Å². The van der Waals surface area contributed by atoms with E-state index < -0.39 is 10.0 Å². The zero-order valence-corrected chi connectivity index (χ0v) is 12.3. The number of anilines is 1. The van der Waals surface area contributed by atoms with Gasteiger partial charge in [-0.2, -0.15) is 5.26 Å². The second-order valence-electron chi connectivity index (χ2n) is 3.55. The van der Waals surface area contributed by atoms with Gasteiger partial charge in [-0.3, -0.25) is 0 Å². The van der Waals surface area contributed by atoms with E-state index in [0.717, 1.165) is 4.47 Å². The van der Waals surface area contributed by atoms with Crippen LogP contribution in [0.25, 0.3) is 0 Å². The Balaban J connectivity index is 2.65. The molecule has 1 aromatic rings. The molecule has 98 valence electrons. The number of rotatable bonds is 6. The number of sulfonamides is 1. The minimum Gasteiger partial charge on any atom is -0.383 e. The van der Waals surface area contributed by atoms with Crippen LogP contribution >= 0.6 is 15.9 Å². The van der Waals surface area contributed by atoms with Crippen molar-refractivity contribution in [3.63, 3.8) is 0 Å². The van der Waals surface area contributed by atoms with Crippen LogP contribution in [0.3, 0.4) is 0 Å². The Morgan fingerprint density at radius 1 is 1.44 bits per heavy atom. The number of halogens is 1. The van der Waals surface area contributed by atoms with E-state index in [1.165, 1.54) is 0 Å². The summed E-state index contributed by atoms with van der Waals surface area (Å²) in [6, 6.07) is 7.23. The largest absolute Gasteiger partial charge is 0.383 e. The number of hydrogen-bond acceptors (Lipinski definition) is 4. The maximum Gasteiger partial charge on any atom is 0.213 e. The minimum atomic E-state index is -3.24. The molecule has 1 rings (SSSR count). The predicted molar refractivity (Wildman–Crippen MR) is 74.8 cm³/mol. The van der Waals surface area contributed by atoms with Crippen LogP contribution in [0.5, 0.6) is 0 Å². The van der Waals surface area contributed by atoms with Gasteiger partial charge < -0.3 is 5.32 Å². The predicted octanol–water partition coefficient (Wildman–Crippen LogP) is 1.67. The zero-order chi connectivity index (χ0) is 13.6. The summed E-state index contributed by atoms with van der Waals surface area (Å²) in [5, 5.41) is 11.9. The second kappa shape index (κ2) is 6.73. The van der Waals surface area contributed by atoms with Crippen molar-refractivity contribution in [3.05, 3.63) is 28.2 Å². The minimum absolute atomic E-state index is 0.0295. The maximum absolute atomic E-state index is 11.4. The average Bonchev–Trinajstić information content (AvgIpc) is 2.29. The fourth-order valence-corrected chi connectivity index (χ4v) is 2.69. The van der Waals surface area contributed by atoms with Gasteiger partial charge in [-0.1, -0.05) is 22.9 Å². The van der Waals surface area contributed by atoms with Gasteiger partial charge in [0.2, 0.25) is 10.0 Å². The smallest absolute Gasteiger partial charge is 0.213 e. The van der Waals surface area contributed by atoms with E-state index in [2.05, 4.69) is 26.0 Å². The summed E-state index contributed by atoms with van der Waals surface area (Å²) >= 11 is 3.30. The molecule has 0 aliphatic carbocycles. The van der Waals surface area contributed by atoms with Crippen LogP contribution in [0.2, 0.25) is 0 Å². The lowest BCUT2D eigenvalue weighted by atomic mass is 10.2. The molecule has 0 fully saturated rings. The van der Waals surface area contributed by atoms with Crippen LogP contribution in [0, 0.1) is 11.3 Å². The summed E-state index contributed by atoms with van der Waals surface area (Å²) in [5.41, 5.74) is 1.11. The Morgan fingerprint density at radius 2 is 2.17 bits per heavy atom. The highest BCUT2D eigenvalue weighted by atomic mass is 79.9. The molecule has 5 nitrogen and oxygen atoms in total. The molecule has 0 unspecified atom stereocenters. The van der Waals surface area contributed by atoms with Gasteiger partial charge in [0.1, 0.15) is 6.07 Å². The highest BCUT2D eigenvalue weighted by Crippen LogP contribution is 2.20. The lowest BCUT2D eigenvalue weighted by Gasteiger charge is -2.09. The van der Waals surface area contributed by atoms with Crippen molar-refractivity contribution < 1.29 is 8.42 Å². The average molecular weight is 332 g/mol. The molecule has 0 bridgehead atoms. The van der Waals surface area contributed by atoms with Crippen molar-refractivity contribution >= 4 is 31.6 Å². The molecule has 0 amide bonds. The van der Waals surface area contributed by atoms with Crippen molar-refractivity contribution in [3.8, 4) is 6.07 Å². The molecule has 0 spiro atoms. The molecule has 0 aliphatic rings. The molecule has 0 radical (unpaired) electrons. The van der Waals surface area contributed by atoms with Gasteiger partial charge in [0.25, 0.3) is 0 Å².